The van der Waals surface area contributed by atoms with Gasteiger partial charge >= 0.3 is 6.09 Å². The second-order valence-corrected chi connectivity index (χ2v) is 6.27. The van der Waals surface area contributed by atoms with Gasteiger partial charge in [-0.25, -0.2) is 4.79 Å². The van der Waals surface area contributed by atoms with E-state index in [9.17, 15) is 4.79 Å². The average Bonchev–Trinajstić information content (AvgIpc) is 2.69. The van der Waals surface area contributed by atoms with Gasteiger partial charge in [-0.1, -0.05) is 0 Å². The van der Waals surface area contributed by atoms with Gasteiger partial charge in [0, 0.05) is 18.2 Å². The van der Waals surface area contributed by atoms with Crippen LogP contribution in [0.25, 0.3) is 0 Å². The van der Waals surface area contributed by atoms with Crippen molar-refractivity contribution < 1.29 is 9.53 Å². The Hall–Kier alpha value is -1.78. The van der Waals surface area contributed by atoms with E-state index in [1.807, 2.05) is 26.8 Å². The molecule has 1 atom stereocenters. The van der Waals surface area contributed by atoms with Crippen LogP contribution in [0.3, 0.4) is 0 Å². The lowest BCUT2D eigenvalue weighted by molar-refractivity contribution is 0.0526. The first kappa shape index (κ1) is 14.6. The number of rotatable bonds is 3. The van der Waals surface area contributed by atoms with Crippen molar-refractivity contribution in [1.29, 1.82) is 0 Å². The van der Waals surface area contributed by atoms with E-state index in [2.05, 4.69) is 10.3 Å². The third-order valence-corrected chi connectivity index (χ3v) is 3.33. The number of aryl methyl sites for hydroxylation is 1. The molecule has 0 unspecified atom stereocenters. The monoisotopic (exact) mass is 277 g/mol. The van der Waals surface area contributed by atoms with Gasteiger partial charge in [0.2, 0.25) is 0 Å². The fraction of sp³-hybridized carbons (Fsp3) is 0.600. The summed E-state index contributed by atoms with van der Waals surface area (Å²) in [6, 6.07) is 2.00. The minimum absolute atomic E-state index is 0.360. The number of aromatic nitrogens is 1. The van der Waals surface area contributed by atoms with Crippen molar-refractivity contribution in [2.45, 2.75) is 51.6 Å². The van der Waals surface area contributed by atoms with Crippen LogP contribution in [-0.4, -0.2) is 23.2 Å². The number of hydrogen-bond acceptors (Lipinski definition) is 4. The van der Waals surface area contributed by atoms with E-state index >= 15 is 0 Å². The molecule has 5 nitrogen and oxygen atoms in total. The van der Waals surface area contributed by atoms with Crippen LogP contribution in [0.15, 0.2) is 12.3 Å². The molecule has 1 heterocycles. The van der Waals surface area contributed by atoms with Crippen LogP contribution in [-0.2, 0) is 11.2 Å². The molecule has 1 aromatic rings. The number of fused-ring (bicyclic) bond motifs is 1. The molecule has 0 fully saturated rings. The van der Waals surface area contributed by atoms with Crippen molar-refractivity contribution in [1.82, 2.24) is 10.3 Å². The molecule has 1 amide bonds. The smallest absolute Gasteiger partial charge is 0.407 e. The molecule has 110 valence electrons. The lowest BCUT2D eigenvalue weighted by Gasteiger charge is -2.20. The van der Waals surface area contributed by atoms with Crippen molar-refractivity contribution >= 4 is 11.8 Å². The van der Waals surface area contributed by atoms with E-state index in [0.29, 0.717) is 12.5 Å². The fourth-order valence-corrected chi connectivity index (χ4v) is 2.52. The predicted octanol–water partition coefficient (Wildman–Crippen LogP) is 2.61. The molecule has 20 heavy (non-hydrogen) atoms. The first-order valence-electron chi connectivity index (χ1n) is 7.06. The van der Waals surface area contributed by atoms with E-state index < -0.39 is 5.60 Å². The van der Waals surface area contributed by atoms with Crippen molar-refractivity contribution in [2.75, 3.05) is 12.3 Å². The number of nitrogens with two attached hydrogens (primary N) is 1. The third kappa shape index (κ3) is 3.85. The van der Waals surface area contributed by atoms with Gasteiger partial charge in [0.05, 0.1) is 11.9 Å². The number of hydrogen-bond donors (Lipinski definition) is 2. The fourth-order valence-electron chi connectivity index (χ4n) is 2.52. The lowest BCUT2D eigenvalue weighted by Crippen LogP contribution is -2.33. The Morgan fingerprint density at radius 2 is 2.30 bits per heavy atom. The number of amides is 1. The Kier molecular flexibility index (Phi) is 4.16. The van der Waals surface area contributed by atoms with Gasteiger partial charge in [-0.05, 0) is 51.7 Å². The summed E-state index contributed by atoms with van der Waals surface area (Å²) in [4.78, 5) is 16.0. The number of nitrogens with zero attached hydrogens (tertiary/aromatic N) is 1. The molecular weight excluding hydrogens is 254 g/mol. The number of carbonyl (C=O) groups is 1. The molecule has 0 spiro atoms. The van der Waals surface area contributed by atoms with Crippen LogP contribution in [0.1, 0.15) is 50.8 Å². The lowest BCUT2D eigenvalue weighted by atomic mass is 10.0. The molecule has 1 aliphatic rings. The number of alkyl carbamates (subject to hydrolysis) is 1. The van der Waals surface area contributed by atoms with Gasteiger partial charge in [-0.2, -0.15) is 0 Å². The molecule has 5 heteroatoms. The van der Waals surface area contributed by atoms with E-state index in [1.54, 1.807) is 6.20 Å². The summed E-state index contributed by atoms with van der Waals surface area (Å²) in [7, 11) is 0. The molecule has 2 rings (SSSR count). The molecular formula is C15H23N3O2. The third-order valence-electron chi connectivity index (χ3n) is 3.33. The molecule has 0 aliphatic heterocycles. The molecule has 0 saturated heterocycles. The maximum atomic E-state index is 11.6. The molecule has 1 aliphatic carbocycles. The van der Waals surface area contributed by atoms with Crippen LogP contribution in [0, 0.1) is 0 Å². The maximum Gasteiger partial charge on any atom is 0.407 e. The van der Waals surface area contributed by atoms with Crippen LogP contribution in [0.4, 0.5) is 10.5 Å². The highest BCUT2D eigenvalue weighted by Crippen LogP contribution is 2.34. The zero-order valence-electron chi connectivity index (χ0n) is 12.4. The van der Waals surface area contributed by atoms with E-state index in [1.165, 1.54) is 5.56 Å². The average molecular weight is 277 g/mol. The molecule has 0 saturated carbocycles. The molecule has 3 N–H and O–H groups in total. The zero-order valence-corrected chi connectivity index (χ0v) is 12.4. The van der Waals surface area contributed by atoms with Crippen LogP contribution >= 0.6 is 0 Å². The van der Waals surface area contributed by atoms with E-state index in [0.717, 1.165) is 30.6 Å². The highest BCUT2D eigenvalue weighted by Gasteiger charge is 2.24. The summed E-state index contributed by atoms with van der Waals surface area (Å²) >= 11 is 0. The molecule has 1 aromatic heterocycles. The topological polar surface area (TPSA) is 77.2 Å². The Morgan fingerprint density at radius 1 is 1.55 bits per heavy atom. The highest BCUT2D eigenvalue weighted by atomic mass is 16.6. The summed E-state index contributed by atoms with van der Waals surface area (Å²) < 4.78 is 5.21. The van der Waals surface area contributed by atoms with Gasteiger partial charge in [0.1, 0.15) is 5.60 Å². The highest BCUT2D eigenvalue weighted by molar-refractivity contribution is 5.67. The summed E-state index contributed by atoms with van der Waals surface area (Å²) in [5.74, 6) is 0.403. The Labute approximate surface area is 119 Å². The summed E-state index contributed by atoms with van der Waals surface area (Å²) in [5.41, 5.74) is 8.38. The van der Waals surface area contributed by atoms with Gasteiger partial charge in [0.25, 0.3) is 0 Å². The number of nitrogen functional groups attached to an aromatic ring is 1. The number of ether oxygens (including phenoxy) is 1. The van der Waals surface area contributed by atoms with Gasteiger partial charge in [0.15, 0.2) is 0 Å². The molecule has 0 aromatic carbocycles. The standard InChI is InChI=1S/C15H23N3O2/c1-15(2,3)20-14(19)17-7-6-10-4-5-11-8-12(16)9-18-13(10)11/h8-10H,4-7,16H2,1-3H3,(H,17,19)/t10-/m0/s1. The second-order valence-electron chi connectivity index (χ2n) is 6.27. The summed E-state index contributed by atoms with van der Waals surface area (Å²) in [5, 5.41) is 2.79. The Bertz CT molecular complexity index is 494. The van der Waals surface area contributed by atoms with Gasteiger partial charge in [-0.15, -0.1) is 0 Å². The van der Waals surface area contributed by atoms with Crippen molar-refractivity contribution in [3.63, 3.8) is 0 Å². The Balaban J connectivity index is 1.81. The van der Waals surface area contributed by atoms with Crippen molar-refractivity contribution in [2.24, 2.45) is 0 Å². The second kappa shape index (κ2) is 5.69. The van der Waals surface area contributed by atoms with Crippen LogP contribution in [0.2, 0.25) is 0 Å². The number of pyridine rings is 1. The first-order chi connectivity index (χ1) is 9.35. The van der Waals surface area contributed by atoms with E-state index in [-0.39, 0.29) is 6.09 Å². The minimum Gasteiger partial charge on any atom is -0.444 e. The van der Waals surface area contributed by atoms with Gasteiger partial charge < -0.3 is 15.8 Å². The summed E-state index contributed by atoms with van der Waals surface area (Å²) in [6.07, 6.45) is 4.31. The van der Waals surface area contributed by atoms with Gasteiger partial charge in [-0.3, -0.25) is 4.98 Å². The maximum absolute atomic E-state index is 11.6. The van der Waals surface area contributed by atoms with Crippen molar-refractivity contribution in [3.8, 4) is 0 Å². The normalized spacial score (nSPS) is 17.6. The van der Waals surface area contributed by atoms with Crippen molar-refractivity contribution in [3.05, 3.63) is 23.5 Å². The van der Waals surface area contributed by atoms with E-state index in [4.69, 9.17) is 10.5 Å². The minimum atomic E-state index is -0.455. The van der Waals surface area contributed by atoms with Crippen LogP contribution < -0.4 is 11.1 Å². The summed E-state index contributed by atoms with van der Waals surface area (Å²) in [6.45, 7) is 6.17. The zero-order chi connectivity index (χ0) is 14.8. The predicted molar refractivity (Wildman–Crippen MR) is 78.6 cm³/mol. The largest absolute Gasteiger partial charge is 0.444 e. The number of carbonyl (C=O) groups excluding carboxylic acids is 1. The quantitative estimate of drug-likeness (QED) is 0.890. The Morgan fingerprint density at radius 3 is 3.00 bits per heavy atom. The molecule has 0 bridgehead atoms. The van der Waals surface area contributed by atoms with Crippen LogP contribution in [0.5, 0.6) is 0 Å². The number of anilines is 1. The first-order valence-corrected chi connectivity index (χ1v) is 7.06. The number of nitrogens with one attached hydrogen (secondary N) is 1. The SMILES string of the molecule is CC(C)(C)OC(=O)NCC[C@@H]1CCc2cc(N)cnc21. The molecule has 0 radical (unpaired) electrons.